The van der Waals surface area contributed by atoms with Gasteiger partial charge in [0, 0.05) is 36.6 Å². The van der Waals surface area contributed by atoms with Crippen molar-refractivity contribution in [3.63, 3.8) is 0 Å². The summed E-state index contributed by atoms with van der Waals surface area (Å²) in [5.74, 6) is 0.0883. The molecule has 1 amide bonds. The molecule has 1 saturated heterocycles. The van der Waals surface area contributed by atoms with Crippen LogP contribution in [-0.4, -0.2) is 17.0 Å². The number of carbonyl (C=O) groups is 1. The Morgan fingerprint density at radius 2 is 1.91 bits per heavy atom. The van der Waals surface area contributed by atoms with Crippen LogP contribution in [0, 0.1) is 0 Å². The summed E-state index contributed by atoms with van der Waals surface area (Å²) < 4.78 is 1.61. The lowest BCUT2D eigenvalue weighted by atomic mass is 9.98. The minimum absolute atomic E-state index is 0.00842. The summed E-state index contributed by atoms with van der Waals surface area (Å²) in [5.41, 5.74) is 1.42. The molecule has 0 bridgehead atoms. The van der Waals surface area contributed by atoms with Gasteiger partial charge >= 0.3 is 0 Å². The average Bonchev–Trinajstić information content (AvgIpc) is 2.90. The Kier molecular flexibility index (Phi) is 4.03. The molecule has 3 rings (SSSR count). The van der Waals surface area contributed by atoms with Gasteiger partial charge in [-0.25, -0.2) is 0 Å². The summed E-state index contributed by atoms with van der Waals surface area (Å²) >= 11 is 5.90. The second-order valence-corrected chi connectivity index (χ2v) is 5.88. The Hall–Kier alpha value is -2.07. The maximum Gasteiger partial charge on any atom is 0.274 e. The molecule has 114 valence electrons. The molecule has 1 aromatic heterocycles. The molecule has 0 radical (unpaired) electrons. The average molecular weight is 317 g/mol. The van der Waals surface area contributed by atoms with E-state index < -0.39 is 0 Å². The van der Waals surface area contributed by atoms with Crippen LogP contribution in [0.4, 0.5) is 5.69 Å². The summed E-state index contributed by atoms with van der Waals surface area (Å²) in [6, 6.07) is 11.1. The highest BCUT2D eigenvalue weighted by Crippen LogP contribution is 2.31. The minimum atomic E-state index is -0.116. The summed E-state index contributed by atoms with van der Waals surface area (Å²) in [6.07, 6.45) is 2.16. The van der Waals surface area contributed by atoms with Gasteiger partial charge in [0.25, 0.3) is 5.56 Å². The lowest BCUT2D eigenvalue weighted by Gasteiger charge is -2.17. The summed E-state index contributed by atoms with van der Waals surface area (Å²) in [4.78, 5) is 26.3. The van der Waals surface area contributed by atoms with Gasteiger partial charge in [0.05, 0.1) is 0 Å². The number of benzene rings is 1. The van der Waals surface area contributed by atoms with Gasteiger partial charge in [0.15, 0.2) is 0 Å². The van der Waals surface area contributed by atoms with Gasteiger partial charge in [0.2, 0.25) is 5.91 Å². The van der Waals surface area contributed by atoms with E-state index in [1.165, 1.54) is 0 Å². The molecular formula is C17H17ClN2O2. The van der Waals surface area contributed by atoms with E-state index in [1.807, 2.05) is 37.3 Å². The molecule has 1 aromatic carbocycles. The predicted molar refractivity (Wildman–Crippen MR) is 87.5 cm³/mol. The molecule has 0 spiro atoms. The van der Waals surface area contributed by atoms with Crippen LogP contribution in [0.25, 0.3) is 0 Å². The fourth-order valence-electron chi connectivity index (χ4n) is 2.88. The second-order valence-electron chi connectivity index (χ2n) is 5.44. The Balaban J connectivity index is 1.89. The molecule has 4 nitrogen and oxygen atoms in total. The van der Waals surface area contributed by atoms with Crippen molar-refractivity contribution in [2.75, 3.05) is 11.4 Å². The van der Waals surface area contributed by atoms with Gasteiger partial charge < -0.3 is 9.47 Å². The van der Waals surface area contributed by atoms with E-state index >= 15 is 0 Å². The molecule has 1 unspecified atom stereocenters. The van der Waals surface area contributed by atoms with Crippen LogP contribution in [-0.2, 0) is 11.3 Å². The predicted octanol–water partition coefficient (Wildman–Crippen LogP) is 3.04. The van der Waals surface area contributed by atoms with Crippen molar-refractivity contribution < 1.29 is 4.79 Å². The molecular weight excluding hydrogens is 300 g/mol. The topological polar surface area (TPSA) is 42.3 Å². The van der Waals surface area contributed by atoms with Crippen molar-refractivity contribution in [3.05, 3.63) is 63.5 Å². The number of aromatic nitrogens is 1. The summed E-state index contributed by atoms with van der Waals surface area (Å²) in [5, 5.41) is 0.679. The van der Waals surface area contributed by atoms with Gasteiger partial charge in [-0.3, -0.25) is 9.59 Å². The Morgan fingerprint density at radius 3 is 2.59 bits per heavy atom. The van der Waals surface area contributed by atoms with E-state index in [9.17, 15) is 9.59 Å². The van der Waals surface area contributed by atoms with E-state index in [0.29, 0.717) is 30.2 Å². The lowest BCUT2D eigenvalue weighted by molar-refractivity contribution is -0.117. The van der Waals surface area contributed by atoms with Crippen molar-refractivity contribution in [3.8, 4) is 0 Å². The number of aryl methyl sites for hydroxylation is 1. The first-order chi connectivity index (χ1) is 10.6. The van der Waals surface area contributed by atoms with Gasteiger partial charge in [-0.05, 0) is 36.8 Å². The second kappa shape index (κ2) is 5.97. The van der Waals surface area contributed by atoms with Crippen molar-refractivity contribution in [1.82, 2.24) is 4.57 Å². The first-order valence-corrected chi connectivity index (χ1v) is 7.73. The summed E-state index contributed by atoms with van der Waals surface area (Å²) in [7, 11) is 0. The fourth-order valence-corrected chi connectivity index (χ4v) is 3.00. The van der Waals surface area contributed by atoms with E-state index in [4.69, 9.17) is 11.6 Å². The molecule has 1 atom stereocenters. The fraction of sp³-hybridized carbons (Fsp3) is 0.294. The molecule has 0 N–H and O–H groups in total. The van der Waals surface area contributed by atoms with Gasteiger partial charge in [-0.15, -0.1) is 0 Å². The molecule has 1 aliphatic heterocycles. The number of pyridine rings is 1. The highest BCUT2D eigenvalue weighted by molar-refractivity contribution is 6.30. The molecule has 2 aromatic rings. The third-order valence-corrected chi connectivity index (χ3v) is 4.35. The van der Waals surface area contributed by atoms with E-state index in [-0.39, 0.29) is 17.4 Å². The zero-order valence-electron chi connectivity index (χ0n) is 12.3. The Bertz CT molecular complexity index is 752. The SMILES string of the molecule is CCn1cccc(N2CC(c3ccc(Cl)cc3)CC2=O)c1=O. The zero-order chi connectivity index (χ0) is 15.7. The quantitative estimate of drug-likeness (QED) is 0.873. The van der Waals surface area contributed by atoms with Crippen molar-refractivity contribution in [1.29, 1.82) is 0 Å². The number of hydrogen-bond acceptors (Lipinski definition) is 2. The standard InChI is InChI=1S/C17H17ClN2O2/c1-2-19-9-3-4-15(17(19)22)20-11-13(10-16(20)21)12-5-7-14(18)8-6-12/h3-9,13H,2,10-11H2,1H3. The van der Waals surface area contributed by atoms with E-state index in [0.717, 1.165) is 5.56 Å². The van der Waals surface area contributed by atoms with Crippen molar-refractivity contribution in [2.24, 2.45) is 0 Å². The molecule has 0 saturated carbocycles. The maximum absolute atomic E-state index is 12.4. The highest BCUT2D eigenvalue weighted by Gasteiger charge is 2.32. The molecule has 0 aliphatic carbocycles. The lowest BCUT2D eigenvalue weighted by Crippen LogP contribution is -2.32. The normalized spacial score (nSPS) is 18.0. The van der Waals surface area contributed by atoms with Crippen molar-refractivity contribution in [2.45, 2.75) is 25.8 Å². The highest BCUT2D eigenvalue weighted by atomic mass is 35.5. The number of halogens is 1. The molecule has 2 heterocycles. The van der Waals surface area contributed by atoms with E-state index in [2.05, 4.69) is 0 Å². The third-order valence-electron chi connectivity index (χ3n) is 4.10. The Labute approximate surface area is 133 Å². The third kappa shape index (κ3) is 2.66. The van der Waals surface area contributed by atoms with Crippen LogP contribution in [0.15, 0.2) is 47.4 Å². The van der Waals surface area contributed by atoms with Crippen LogP contribution < -0.4 is 10.5 Å². The maximum atomic E-state index is 12.4. The smallest absolute Gasteiger partial charge is 0.274 e. The molecule has 1 fully saturated rings. The first kappa shape index (κ1) is 14.9. The van der Waals surface area contributed by atoms with Gasteiger partial charge in [-0.2, -0.15) is 0 Å². The van der Waals surface area contributed by atoms with Crippen LogP contribution in [0.2, 0.25) is 5.02 Å². The van der Waals surface area contributed by atoms with Crippen LogP contribution in [0.5, 0.6) is 0 Å². The zero-order valence-corrected chi connectivity index (χ0v) is 13.1. The van der Waals surface area contributed by atoms with Gasteiger partial charge in [0.1, 0.15) is 5.69 Å². The van der Waals surface area contributed by atoms with Gasteiger partial charge in [-0.1, -0.05) is 23.7 Å². The minimum Gasteiger partial charge on any atom is -0.314 e. The number of hydrogen-bond donors (Lipinski definition) is 0. The number of amides is 1. The molecule has 5 heteroatoms. The van der Waals surface area contributed by atoms with Crippen LogP contribution in [0.3, 0.4) is 0 Å². The number of nitrogens with zero attached hydrogens (tertiary/aromatic N) is 2. The van der Waals surface area contributed by atoms with Crippen LogP contribution in [0.1, 0.15) is 24.8 Å². The molecule has 22 heavy (non-hydrogen) atoms. The van der Waals surface area contributed by atoms with Crippen molar-refractivity contribution >= 4 is 23.2 Å². The monoisotopic (exact) mass is 316 g/mol. The molecule has 1 aliphatic rings. The number of rotatable bonds is 3. The summed E-state index contributed by atoms with van der Waals surface area (Å²) in [6.45, 7) is 3.03. The van der Waals surface area contributed by atoms with E-state index in [1.54, 1.807) is 21.7 Å². The number of anilines is 1. The number of carbonyl (C=O) groups excluding carboxylic acids is 1. The first-order valence-electron chi connectivity index (χ1n) is 7.35. The Morgan fingerprint density at radius 1 is 1.18 bits per heavy atom. The van der Waals surface area contributed by atoms with Crippen LogP contribution >= 0.6 is 11.6 Å². The largest absolute Gasteiger partial charge is 0.314 e.